The first kappa shape index (κ1) is 76.1. The van der Waals surface area contributed by atoms with Crippen LogP contribution in [0.15, 0.2) is 482 Å². The summed E-state index contributed by atoms with van der Waals surface area (Å²) in [5.41, 5.74) is 32.3. The summed E-state index contributed by atoms with van der Waals surface area (Å²) in [6, 6.07) is 171. The third-order valence-electron chi connectivity index (χ3n) is 27.9. The number of para-hydroxylation sites is 12. The lowest BCUT2D eigenvalue weighted by atomic mass is 10.0. The Morgan fingerprint density at radius 1 is 0.141 bits per heavy atom. The van der Waals surface area contributed by atoms with Crippen molar-refractivity contribution >= 4 is 206 Å². The molecule has 0 amide bonds. The Balaban J connectivity index is 0.000000101. The van der Waals surface area contributed by atoms with Gasteiger partial charge in [-0.1, -0.05) is 267 Å². The van der Waals surface area contributed by atoms with Crippen molar-refractivity contribution in [3.63, 3.8) is 0 Å². The average molecular weight is 1740 g/mol. The smallest absolute Gasteiger partial charge is 0.159 e. The molecule has 9 heteroatoms. The van der Waals surface area contributed by atoms with E-state index >= 15 is 0 Å². The van der Waals surface area contributed by atoms with Gasteiger partial charge in [-0.05, 0) is 240 Å². The first-order valence-corrected chi connectivity index (χ1v) is 46.9. The molecule has 0 atom stereocenters. The molecule has 630 valence electrons. The molecule has 9 aromatic heterocycles. The Hall–Kier alpha value is -17.8. The summed E-state index contributed by atoms with van der Waals surface area (Å²) in [7, 11) is 0. The summed E-state index contributed by atoms with van der Waals surface area (Å²) >= 11 is 1.87. The lowest BCUT2D eigenvalue weighted by Crippen LogP contribution is -1.94. The topological polar surface area (TPSA) is 55.9 Å². The van der Waals surface area contributed by atoms with E-state index in [1.807, 2.05) is 35.6 Å². The molecule has 0 fully saturated rings. The summed E-state index contributed by atoms with van der Waals surface area (Å²) in [5.74, 6) is 0. The Kier molecular flexibility index (Phi) is 17.2. The van der Waals surface area contributed by atoms with Crippen LogP contribution in [-0.2, 0) is 0 Å². The van der Waals surface area contributed by atoms with Crippen molar-refractivity contribution in [2.75, 3.05) is 0 Å². The number of rotatable bonds is 9. The highest BCUT2D eigenvalue weighted by molar-refractivity contribution is 7.25. The fraction of sp³-hybridized carbons (Fsp3) is 0. The van der Waals surface area contributed by atoms with Crippen molar-refractivity contribution in [1.82, 2.24) is 27.4 Å². The number of nitrogens with zero attached hydrogens (tertiary/aromatic N) is 6. The summed E-state index contributed by atoms with van der Waals surface area (Å²) in [6.07, 6.45) is 0. The minimum Gasteiger partial charge on any atom is -0.456 e. The molecule has 0 radical (unpaired) electrons. The van der Waals surface area contributed by atoms with Crippen molar-refractivity contribution in [2.24, 2.45) is 0 Å². The third kappa shape index (κ3) is 12.0. The van der Waals surface area contributed by atoms with E-state index in [2.05, 4.69) is 476 Å². The van der Waals surface area contributed by atoms with E-state index < -0.39 is 0 Å². The zero-order valence-electron chi connectivity index (χ0n) is 72.9. The normalized spacial score (nSPS) is 12.0. The van der Waals surface area contributed by atoms with Gasteiger partial charge >= 0.3 is 0 Å². The third-order valence-corrected chi connectivity index (χ3v) is 29.1. The molecule has 0 spiro atoms. The lowest BCUT2D eigenvalue weighted by Gasteiger charge is -2.10. The largest absolute Gasteiger partial charge is 0.456 e. The van der Waals surface area contributed by atoms with Gasteiger partial charge < -0.3 is 36.2 Å². The molecule has 9 heterocycles. The van der Waals surface area contributed by atoms with Crippen LogP contribution in [0, 0.1) is 0 Å². The van der Waals surface area contributed by atoms with Gasteiger partial charge in [-0.2, -0.15) is 0 Å². The Morgan fingerprint density at radius 3 is 0.800 bits per heavy atom. The molecule has 0 aliphatic carbocycles. The van der Waals surface area contributed by atoms with E-state index in [4.69, 9.17) is 8.83 Å². The van der Waals surface area contributed by atoms with Crippen LogP contribution in [0.3, 0.4) is 0 Å². The minimum atomic E-state index is 0.908. The number of furan rings is 2. The van der Waals surface area contributed by atoms with Crippen molar-refractivity contribution in [2.45, 2.75) is 0 Å². The highest BCUT2D eigenvalue weighted by Crippen LogP contribution is 2.47. The van der Waals surface area contributed by atoms with E-state index in [-0.39, 0.29) is 0 Å². The molecule has 8 nitrogen and oxygen atoms in total. The molecule has 0 unspecified atom stereocenters. The molecule has 0 aliphatic rings. The Morgan fingerprint density at radius 2 is 0.407 bits per heavy atom. The van der Waals surface area contributed by atoms with Crippen LogP contribution in [-0.4, -0.2) is 27.4 Å². The summed E-state index contributed by atoms with van der Waals surface area (Å²) in [4.78, 5) is 0. The first-order valence-electron chi connectivity index (χ1n) is 46.1. The van der Waals surface area contributed by atoms with Crippen molar-refractivity contribution in [1.29, 1.82) is 0 Å². The van der Waals surface area contributed by atoms with Crippen LogP contribution in [0.25, 0.3) is 262 Å². The Labute approximate surface area is 777 Å². The summed E-state index contributed by atoms with van der Waals surface area (Å²) in [5, 5.41) is 22.2. The fourth-order valence-electron chi connectivity index (χ4n) is 21.9. The van der Waals surface area contributed by atoms with Crippen LogP contribution >= 0.6 is 11.3 Å². The Bertz CT molecular complexity index is 9710. The first-order chi connectivity index (χ1) is 67.0. The van der Waals surface area contributed by atoms with E-state index in [9.17, 15) is 0 Å². The second-order valence-electron chi connectivity index (χ2n) is 35.3. The van der Waals surface area contributed by atoms with Crippen LogP contribution in [0.2, 0.25) is 0 Å². The number of hydrogen-bond donors (Lipinski definition) is 0. The predicted molar refractivity (Wildman–Crippen MR) is 569 cm³/mol. The molecular weight excluding hydrogens is 1660 g/mol. The van der Waals surface area contributed by atoms with Gasteiger partial charge in [0.15, 0.2) is 5.58 Å². The summed E-state index contributed by atoms with van der Waals surface area (Å²) in [6.45, 7) is 0. The number of hydrogen-bond acceptors (Lipinski definition) is 3. The van der Waals surface area contributed by atoms with E-state index in [1.165, 1.54) is 202 Å². The van der Waals surface area contributed by atoms with Crippen molar-refractivity contribution in [3.8, 4) is 67.5 Å². The monoisotopic (exact) mass is 1740 g/mol. The van der Waals surface area contributed by atoms with Crippen molar-refractivity contribution < 1.29 is 8.83 Å². The minimum absolute atomic E-state index is 0.908. The second kappa shape index (κ2) is 30.4. The lowest BCUT2D eigenvalue weighted by molar-refractivity contribution is 0.666. The zero-order valence-corrected chi connectivity index (χ0v) is 73.8. The molecule has 30 aromatic rings. The van der Waals surface area contributed by atoms with Gasteiger partial charge in [0, 0.05) is 135 Å². The fourth-order valence-corrected chi connectivity index (χ4v) is 23.0. The number of thiophene rings is 1. The van der Waals surface area contributed by atoms with Gasteiger partial charge in [0.2, 0.25) is 0 Å². The van der Waals surface area contributed by atoms with Gasteiger partial charge in [-0.25, -0.2) is 0 Å². The average Bonchev–Trinajstić information content (AvgIpc) is 1.52. The molecule has 135 heavy (non-hydrogen) atoms. The number of fused-ring (bicyclic) bond motifs is 27. The zero-order chi connectivity index (χ0) is 88.5. The standard InChI is InChI=1S/2C42H26N2O.C42H26N2S/c1-2-11-29(12-3-1)43-36-17-7-4-13-30(36)34-25-27(21-23-38(34)43)28-22-24-39-35(26-28)31-14-5-8-18-37(31)44(39)40-19-10-16-33-32-15-6-9-20-41(32)45-42(33)40;2*1-2-10-29(11-3-1)43-37-15-7-4-12-31(37)34-24-27(18-21-39(34)43)28-19-22-40-35(25-28)32-13-5-8-16-38(32)44(40)30-20-23-42-36(26-30)33-14-6-9-17-41(33)45-42/h3*1-26H. The van der Waals surface area contributed by atoms with Gasteiger partial charge in [0.25, 0.3) is 0 Å². The highest BCUT2D eigenvalue weighted by atomic mass is 32.1. The van der Waals surface area contributed by atoms with Gasteiger partial charge in [-0.15, -0.1) is 11.3 Å². The highest BCUT2D eigenvalue weighted by Gasteiger charge is 2.25. The molecule has 0 saturated heterocycles. The van der Waals surface area contributed by atoms with Crippen molar-refractivity contribution in [3.05, 3.63) is 473 Å². The summed E-state index contributed by atoms with van der Waals surface area (Å²) < 4.78 is 29.6. The van der Waals surface area contributed by atoms with E-state index in [1.54, 1.807) is 0 Å². The van der Waals surface area contributed by atoms with Gasteiger partial charge in [-0.3, -0.25) is 0 Å². The molecule has 0 aliphatic heterocycles. The quantitative estimate of drug-likeness (QED) is 0.145. The SMILES string of the molecule is c1ccc(-n2c3ccccc3c3cc(-c4ccc5c(c4)c4ccccc4n5-c4ccc5oc6ccccc6c5c4)ccc32)cc1.c1ccc(-n2c3ccccc3c3cc(-c4ccc5c(c4)c4ccccc4n5-c4ccc5sc6ccccc6c5c4)ccc32)cc1.c1ccc(-n2c3ccccc3c3cc(-c4ccc5c(c4)c4ccccc4n5-c4cccc5c4oc4ccccc45)ccc32)cc1. The second-order valence-corrected chi connectivity index (χ2v) is 36.4. The van der Waals surface area contributed by atoms with Crippen LogP contribution in [0.1, 0.15) is 0 Å². The maximum atomic E-state index is 6.49. The molecule has 0 bridgehead atoms. The van der Waals surface area contributed by atoms with Crippen LogP contribution < -0.4 is 0 Å². The predicted octanol–water partition coefficient (Wildman–Crippen LogP) is 34.8. The number of aromatic nitrogens is 6. The van der Waals surface area contributed by atoms with Gasteiger partial charge in [0.05, 0.1) is 71.9 Å². The molecule has 21 aromatic carbocycles. The van der Waals surface area contributed by atoms with Crippen LogP contribution in [0.5, 0.6) is 0 Å². The van der Waals surface area contributed by atoms with E-state index in [0.29, 0.717) is 0 Å². The molecule has 30 rings (SSSR count). The molecule has 0 N–H and O–H groups in total. The number of benzene rings is 21. The molecular formula is C126H78N6O2S. The van der Waals surface area contributed by atoms with Gasteiger partial charge in [0.1, 0.15) is 16.7 Å². The van der Waals surface area contributed by atoms with Crippen LogP contribution in [0.4, 0.5) is 0 Å². The van der Waals surface area contributed by atoms with E-state index in [0.717, 1.165) is 60.8 Å². The maximum Gasteiger partial charge on any atom is 0.159 e. The maximum absolute atomic E-state index is 6.49. The molecule has 0 saturated carbocycles.